The van der Waals surface area contributed by atoms with Crippen LogP contribution in [0.1, 0.15) is 54.9 Å². The molecule has 5 nitrogen and oxygen atoms in total. The summed E-state index contributed by atoms with van der Waals surface area (Å²) in [6.45, 7) is 8.66. The minimum atomic E-state index is -0.594. The number of nitrogens with one attached hydrogen (secondary N) is 1. The Morgan fingerprint density at radius 1 is 1.42 bits per heavy atom. The zero-order valence-electron chi connectivity index (χ0n) is 14.6. The first-order chi connectivity index (χ1) is 11.3. The van der Waals surface area contributed by atoms with Gasteiger partial charge < -0.3 is 19.7 Å². The van der Waals surface area contributed by atoms with E-state index in [2.05, 4.69) is 5.32 Å². The molecule has 1 aromatic heterocycles. The molecule has 2 aromatic rings. The predicted molar refractivity (Wildman–Crippen MR) is 93.5 cm³/mol. The fourth-order valence-electron chi connectivity index (χ4n) is 3.25. The number of aliphatic hydroxyl groups excluding tert-OH is 1. The van der Waals surface area contributed by atoms with Crippen molar-refractivity contribution in [2.45, 2.75) is 52.4 Å². The zero-order chi connectivity index (χ0) is 17.5. The Labute approximate surface area is 142 Å². The highest BCUT2D eigenvalue weighted by Crippen LogP contribution is 2.43. The van der Waals surface area contributed by atoms with Gasteiger partial charge in [-0.05, 0) is 39.8 Å². The highest BCUT2D eigenvalue weighted by Gasteiger charge is 2.34. The molecule has 1 amide bonds. The van der Waals surface area contributed by atoms with E-state index >= 15 is 0 Å². The quantitative estimate of drug-likeness (QED) is 0.904. The lowest BCUT2D eigenvalue weighted by Crippen LogP contribution is -2.35. The van der Waals surface area contributed by atoms with E-state index in [0.717, 1.165) is 17.8 Å². The molecule has 1 aliphatic heterocycles. The molecular formula is C19H24N2O3. The maximum Gasteiger partial charge on any atom is 0.257 e. The molecule has 0 bridgehead atoms. The number of benzene rings is 1. The number of aliphatic hydroxyl groups is 1. The van der Waals surface area contributed by atoms with Gasteiger partial charge in [-0.3, -0.25) is 4.79 Å². The van der Waals surface area contributed by atoms with E-state index in [1.807, 2.05) is 56.7 Å². The van der Waals surface area contributed by atoms with Crippen LogP contribution in [0.15, 0.2) is 30.5 Å². The van der Waals surface area contributed by atoms with Gasteiger partial charge in [0.15, 0.2) is 0 Å². The SMILES string of the molecule is CCn1ccc(C(=O)Nc2cccc3c2OC(C)(C)CC3O)c1C. The second-order valence-electron chi connectivity index (χ2n) is 6.86. The fourth-order valence-corrected chi connectivity index (χ4v) is 3.25. The first-order valence-corrected chi connectivity index (χ1v) is 8.29. The van der Waals surface area contributed by atoms with E-state index in [1.54, 1.807) is 6.07 Å². The summed E-state index contributed by atoms with van der Waals surface area (Å²) in [6, 6.07) is 7.29. The van der Waals surface area contributed by atoms with Crippen molar-refractivity contribution in [2.75, 3.05) is 5.32 Å². The molecule has 0 aliphatic carbocycles. The Morgan fingerprint density at radius 3 is 2.83 bits per heavy atom. The van der Waals surface area contributed by atoms with Crippen molar-refractivity contribution in [1.29, 1.82) is 0 Å². The van der Waals surface area contributed by atoms with Gasteiger partial charge in [-0.25, -0.2) is 0 Å². The van der Waals surface area contributed by atoms with Crippen LogP contribution >= 0.6 is 0 Å². The number of aryl methyl sites for hydroxylation is 1. The molecular weight excluding hydrogens is 304 g/mol. The van der Waals surface area contributed by atoms with Crippen LogP contribution < -0.4 is 10.1 Å². The molecule has 3 rings (SSSR count). The minimum absolute atomic E-state index is 0.172. The lowest BCUT2D eigenvalue weighted by Gasteiger charge is -2.36. The van der Waals surface area contributed by atoms with Crippen molar-refractivity contribution < 1.29 is 14.6 Å². The summed E-state index contributed by atoms with van der Waals surface area (Å²) < 4.78 is 8.06. The van der Waals surface area contributed by atoms with Gasteiger partial charge in [0.05, 0.1) is 17.4 Å². The van der Waals surface area contributed by atoms with Crippen LogP contribution in [-0.4, -0.2) is 21.2 Å². The van der Waals surface area contributed by atoms with Crippen LogP contribution in [-0.2, 0) is 6.54 Å². The minimum Gasteiger partial charge on any atom is -0.485 e. The number of hydrogen-bond donors (Lipinski definition) is 2. The molecule has 24 heavy (non-hydrogen) atoms. The van der Waals surface area contributed by atoms with Crippen LogP contribution in [0.3, 0.4) is 0 Å². The number of rotatable bonds is 3. The molecule has 128 valence electrons. The smallest absolute Gasteiger partial charge is 0.257 e. The predicted octanol–water partition coefficient (Wildman–Crippen LogP) is 3.66. The molecule has 1 aromatic carbocycles. The Morgan fingerprint density at radius 2 is 2.17 bits per heavy atom. The Kier molecular flexibility index (Phi) is 4.13. The van der Waals surface area contributed by atoms with E-state index in [1.165, 1.54) is 0 Å². The van der Waals surface area contributed by atoms with Gasteiger partial charge in [-0.2, -0.15) is 0 Å². The number of carbonyl (C=O) groups excluding carboxylic acids is 1. The molecule has 2 N–H and O–H groups in total. The Hall–Kier alpha value is -2.27. The first-order valence-electron chi connectivity index (χ1n) is 8.29. The van der Waals surface area contributed by atoms with Gasteiger partial charge in [0.25, 0.3) is 5.91 Å². The first kappa shape index (κ1) is 16.6. The normalized spacial score (nSPS) is 18.6. The van der Waals surface area contributed by atoms with Crippen molar-refractivity contribution in [3.63, 3.8) is 0 Å². The Bertz CT molecular complexity index is 777. The van der Waals surface area contributed by atoms with E-state index in [-0.39, 0.29) is 5.91 Å². The largest absolute Gasteiger partial charge is 0.485 e. The standard InChI is InChI=1S/C19H24N2O3/c1-5-21-10-9-13(12(21)2)18(23)20-15-8-6-7-14-16(22)11-19(3,4)24-17(14)15/h6-10,16,22H,5,11H2,1-4H3,(H,20,23). The number of hydrogen-bond acceptors (Lipinski definition) is 3. The summed E-state index contributed by atoms with van der Waals surface area (Å²) in [6.07, 6.45) is 1.84. The van der Waals surface area contributed by atoms with Crippen molar-refractivity contribution in [3.8, 4) is 5.75 Å². The van der Waals surface area contributed by atoms with E-state index in [0.29, 0.717) is 23.4 Å². The number of carbonyl (C=O) groups is 1. The van der Waals surface area contributed by atoms with Gasteiger partial charge in [0.2, 0.25) is 0 Å². The third-order valence-corrected chi connectivity index (χ3v) is 4.54. The van der Waals surface area contributed by atoms with Crippen molar-refractivity contribution in [2.24, 2.45) is 0 Å². The number of fused-ring (bicyclic) bond motifs is 1. The van der Waals surface area contributed by atoms with Crippen molar-refractivity contribution >= 4 is 11.6 Å². The maximum absolute atomic E-state index is 12.7. The van der Waals surface area contributed by atoms with Crippen LogP contribution in [0.5, 0.6) is 5.75 Å². The number of nitrogens with zero attached hydrogens (tertiary/aromatic N) is 1. The number of anilines is 1. The summed E-state index contributed by atoms with van der Waals surface area (Å²) >= 11 is 0. The van der Waals surface area contributed by atoms with Crippen LogP contribution in [0, 0.1) is 6.92 Å². The van der Waals surface area contributed by atoms with Gasteiger partial charge >= 0.3 is 0 Å². The van der Waals surface area contributed by atoms with Gasteiger partial charge in [-0.1, -0.05) is 12.1 Å². The lowest BCUT2D eigenvalue weighted by molar-refractivity contribution is 0.0121. The second-order valence-corrected chi connectivity index (χ2v) is 6.86. The molecule has 0 fully saturated rings. The third-order valence-electron chi connectivity index (χ3n) is 4.54. The highest BCUT2D eigenvalue weighted by atomic mass is 16.5. The molecule has 5 heteroatoms. The fraction of sp³-hybridized carbons (Fsp3) is 0.421. The zero-order valence-corrected chi connectivity index (χ0v) is 14.6. The number of amides is 1. The number of aromatic nitrogens is 1. The van der Waals surface area contributed by atoms with E-state index in [4.69, 9.17) is 4.74 Å². The average molecular weight is 328 g/mol. The average Bonchev–Trinajstić information content (AvgIpc) is 2.88. The monoisotopic (exact) mass is 328 g/mol. The molecule has 1 atom stereocenters. The molecule has 0 saturated carbocycles. The van der Waals surface area contributed by atoms with Crippen molar-refractivity contribution in [1.82, 2.24) is 4.57 Å². The summed E-state index contributed by atoms with van der Waals surface area (Å²) in [7, 11) is 0. The molecule has 2 heterocycles. The van der Waals surface area contributed by atoms with Crippen molar-refractivity contribution in [3.05, 3.63) is 47.3 Å². The summed E-state index contributed by atoms with van der Waals surface area (Å²) in [5.74, 6) is 0.386. The summed E-state index contributed by atoms with van der Waals surface area (Å²) in [5, 5.41) is 13.3. The summed E-state index contributed by atoms with van der Waals surface area (Å²) in [4.78, 5) is 12.7. The van der Waals surface area contributed by atoms with Crippen LogP contribution in [0.25, 0.3) is 0 Å². The van der Waals surface area contributed by atoms with Gasteiger partial charge in [0, 0.05) is 30.4 Å². The van der Waals surface area contributed by atoms with E-state index in [9.17, 15) is 9.90 Å². The highest BCUT2D eigenvalue weighted by molar-refractivity contribution is 6.06. The molecule has 1 aliphatic rings. The number of ether oxygens (including phenoxy) is 1. The van der Waals surface area contributed by atoms with Crippen LogP contribution in [0.4, 0.5) is 5.69 Å². The van der Waals surface area contributed by atoms with E-state index < -0.39 is 11.7 Å². The Balaban J connectivity index is 1.92. The van der Waals surface area contributed by atoms with Gasteiger partial charge in [-0.15, -0.1) is 0 Å². The summed E-state index contributed by atoms with van der Waals surface area (Å²) in [5.41, 5.74) is 2.41. The molecule has 1 unspecified atom stereocenters. The maximum atomic E-state index is 12.7. The number of para-hydroxylation sites is 1. The molecule has 0 radical (unpaired) electrons. The molecule has 0 saturated heterocycles. The topological polar surface area (TPSA) is 63.5 Å². The second kappa shape index (κ2) is 5.98. The molecule has 0 spiro atoms. The van der Waals surface area contributed by atoms with Crippen LogP contribution in [0.2, 0.25) is 0 Å². The lowest BCUT2D eigenvalue weighted by atomic mass is 9.91. The third kappa shape index (κ3) is 2.91. The van der Waals surface area contributed by atoms with Gasteiger partial charge in [0.1, 0.15) is 11.4 Å².